The van der Waals surface area contributed by atoms with Gasteiger partial charge in [-0.15, -0.1) is 0 Å². The van der Waals surface area contributed by atoms with Gasteiger partial charge in [-0.05, 0) is 43.9 Å². The van der Waals surface area contributed by atoms with Crippen molar-refractivity contribution >= 4 is 35.1 Å². The lowest BCUT2D eigenvalue weighted by atomic mass is 9.87. The Hall–Kier alpha value is -4.61. The van der Waals surface area contributed by atoms with Gasteiger partial charge in [-0.25, -0.2) is 19.4 Å². The Morgan fingerprint density at radius 3 is 2.68 bits per heavy atom. The number of halogens is 1. The van der Waals surface area contributed by atoms with E-state index in [-0.39, 0.29) is 35.6 Å². The Balaban J connectivity index is 1.15. The van der Waals surface area contributed by atoms with Crippen LogP contribution in [0, 0.1) is 5.82 Å². The van der Waals surface area contributed by atoms with Crippen molar-refractivity contribution in [3.63, 3.8) is 0 Å². The van der Waals surface area contributed by atoms with Crippen LogP contribution in [0.4, 0.5) is 15.9 Å². The van der Waals surface area contributed by atoms with Crippen molar-refractivity contribution in [2.75, 3.05) is 17.2 Å². The fraction of sp³-hybridized carbons (Fsp3) is 0.308. The smallest absolute Gasteiger partial charge is 0.291 e. The summed E-state index contributed by atoms with van der Waals surface area (Å²) in [5, 5.41) is 11.0. The monoisotopic (exact) mass is 512 g/mol. The highest BCUT2D eigenvalue weighted by molar-refractivity contribution is 5.92. The summed E-state index contributed by atoms with van der Waals surface area (Å²) < 4.78 is 15.8. The number of fused-ring (bicyclic) bond motifs is 3. The number of aromatic amines is 1. The summed E-state index contributed by atoms with van der Waals surface area (Å²) in [7, 11) is 0. The zero-order valence-electron chi connectivity index (χ0n) is 20.4. The number of hydrogen-bond acceptors (Lipinski definition) is 8. The Kier molecular flexibility index (Phi) is 5.20. The molecule has 3 atom stereocenters. The number of carbonyl (C=O) groups is 1. The van der Waals surface area contributed by atoms with Crippen LogP contribution in [0.15, 0.2) is 53.9 Å². The van der Waals surface area contributed by atoms with E-state index in [1.807, 2.05) is 21.9 Å². The minimum atomic E-state index is -0.304. The number of nitrogen functional groups attached to an aromatic ring is 1. The van der Waals surface area contributed by atoms with Crippen LogP contribution in [-0.4, -0.2) is 65.6 Å². The van der Waals surface area contributed by atoms with Crippen molar-refractivity contribution in [2.45, 2.75) is 43.7 Å². The Labute approximate surface area is 216 Å². The lowest BCUT2D eigenvalue weighted by Crippen LogP contribution is -2.46. The minimum absolute atomic E-state index is 0.0957. The van der Waals surface area contributed by atoms with Gasteiger partial charge >= 0.3 is 0 Å². The highest BCUT2D eigenvalue weighted by Gasteiger charge is 2.45. The van der Waals surface area contributed by atoms with E-state index in [0.717, 1.165) is 37.1 Å². The van der Waals surface area contributed by atoms with E-state index >= 15 is 0 Å². The molecule has 38 heavy (non-hydrogen) atoms. The number of nitrogens with two attached hydrogens (primary N) is 1. The molecular formula is C26H25FN10O. The van der Waals surface area contributed by atoms with Gasteiger partial charge in [0, 0.05) is 41.9 Å². The molecule has 2 fully saturated rings. The molecule has 192 valence electrons. The molecule has 0 saturated carbocycles. The van der Waals surface area contributed by atoms with Crippen molar-refractivity contribution in [1.82, 2.24) is 34.7 Å². The molecule has 3 aromatic heterocycles. The Bertz CT molecular complexity index is 1580. The highest BCUT2D eigenvalue weighted by Crippen LogP contribution is 2.43. The van der Waals surface area contributed by atoms with Gasteiger partial charge in [0.05, 0.1) is 18.2 Å². The zero-order chi connectivity index (χ0) is 25.8. The van der Waals surface area contributed by atoms with Crippen LogP contribution < -0.4 is 10.6 Å². The SMILES string of the molecule is Nc1cc(C2C[C@H]3CC[C@@H](C2)N3C(=O)c2ncn[nH]2)nc2c(N3C=NC(c4ccccc4F)=CC3)cnn12. The largest absolute Gasteiger partial charge is 0.384 e. The average molecular weight is 513 g/mol. The van der Waals surface area contributed by atoms with E-state index in [2.05, 4.69) is 25.3 Å². The fourth-order valence-electron chi connectivity index (χ4n) is 6.01. The molecule has 3 aliphatic rings. The molecule has 2 saturated heterocycles. The second-order valence-electron chi connectivity index (χ2n) is 9.94. The number of nitrogens with one attached hydrogen (secondary N) is 1. The van der Waals surface area contributed by atoms with Crippen LogP contribution in [0.25, 0.3) is 11.3 Å². The number of nitrogens with zero attached hydrogens (tertiary/aromatic N) is 8. The predicted molar refractivity (Wildman–Crippen MR) is 139 cm³/mol. The minimum Gasteiger partial charge on any atom is -0.384 e. The van der Waals surface area contributed by atoms with E-state index in [1.165, 1.54) is 12.4 Å². The fourth-order valence-corrected chi connectivity index (χ4v) is 6.01. The summed E-state index contributed by atoms with van der Waals surface area (Å²) in [5.74, 6) is 0.552. The number of hydrogen-bond donors (Lipinski definition) is 2. The maximum Gasteiger partial charge on any atom is 0.291 e. The number of anilines is 2. The maximum atomic E-state index is 14.2. The number of benzene rings is 1. The van der Waals surface area contributed by atoms with Gasteiger partial charge in [-0.2, -0.15) is 14.7 Å². The number of amides is 1. The quantitative estimate of drug-likeness (QED) is 0.429. The number of piperidine rings is 1. The lowest BCUT2D eigenvalue weighted by molar-refractivity contribution is 0.0557. The molecule has 3 aliphatic heterocycles. The molecule has 4 aromatic rings. The topological polar surface area (TPSA) is 134 Å². The van der Waals surface area contributed by atoms with Crippen LogP contribution >= 0.6 is 0 Å². The summed E-state index contributed by atoms with van der Waals surface area (Å²) in [6, 6.07) is 8.74. The van der Waals surface area contributed by atoms with Crippen molar-refractivity contribution < 1.29 is 9.18 Å². The summed E-state index contributed by atoms with van der Waals surface area (Å²) >= 11 is 0. The second-order valence-corrected chi connectivity index (χ2v) is 9.94. The number of carbonyl (C=O) groups excluding carboxylic acids is 1. The van der Waals surface area contributed by atoms with Gasteiger partial charge in [-0.1, -0.05) is 12.1 Å². The molecule has 0 spiro atoms. The second kappa shape index (κ2) is 8.75. The van der Waals surface area contributed by atoms with Crippen molar-refractivity contribution in [2.24, 2.45) is 4.99 Å². The molecule has 6 heterocycles. The van der Waals surface area contributed by atoms with E-state index in [9.17, 15) is 9.18 Å². The van der Waals surface area contributed by atoms with Crippen LogP contribution in [0.5, 0.6) is 0 Å². The van der Waals surface area contributed by atoms with Crippen LogP contribution in [-0.2, 0) is 0 Å². The van der Waals surface area contributed by atoms with E-state index < -0.39 is 0 Å². The van der Waals surface area contributed by atoms with E-state index in [1.54, 1.807) is 35.2 Å². The van der Waals surface area contributed by atoms with Crippen LogP contribution in [0.2, 0.25) is 0 Å². The van der Waals surface area contributed by atoms with Crippen molar-refractivity contribution in [3.8, 4) is 0 Å². The van der Waals surface area contributed by atoms with E-state index in [0.29, 0.717) is 29.3 Å². The molecule has 0 radical (unpaired) electrons. The molecule has 3 N–H and O–H groups in total. The Morgan fingerprint density at radius 1 is 1.16 bits per heavy atom. The van der Waals surface area contributed by atoms with Gasteiger partial charge in [0.2, 0.25) is 5.82 Å². The third-order valence-electron chi connectivity index (χ3n) is 7.78. The third kappa shape index (κ3) is 3.63. The molecule has 1 aromatic carbocycles. The number of aromatic nitrogens is 6. The predicted octanol–water partition coefficient (Wildman–Crippen LogP) is 3.01. The molecule has 1 amide bonds. The van der Waals surface area contributed by atoms with Gasteiger partial charge in [-0.3, -0.25) is 9.89 Å². The van der Waals surface area contributed by atoms with Crippen LogP contribution in [0.1, 0.15) is 53.5 Å². The lowest BCUT2D eigenvalue weighted by Gasteiger charge is -2.38. The van der Waals surface area contributed by atoms with Gasteiger partial charge in [0.25, 0.3) is 5.91 Å². The molecule has 2 bridgehead atoms. The van der Waals surface area contributed by atoms with Gasteiger partial charge in [0.1, 0.15) is 23.6 Å². The highest BCUT2D eigenvalue weighted by atomic mass is 19.1. The number of aliphatic imine (C=N–C) groups is 1. The molecular weight excluding hydrogens is 487 g/mol. The zero-order valence-corrected chi connectivity index (χ0v) is 20.4. The first-order valence-corrected chi connectivity index (χ1v) is 12.6. The van der Waals surface area contributed by atoms with Crippen molar-refractivity contribution in [1.29, 1.82) is 0 Å². The molecule has 1 unspecified atom stereocenters. The normalized spacial score (nSPS) is 22.8. The molecule has 0 aliphatic carbocycles. The van der Waals surface area contributed by atoms with Crippen LogP contribution in [0.3, 0.4) is 0 Å². The molecule has 7 rings (SSSR count). The number of rotatable bonds is 4. The Morgan fingerprint density at radius 2 is 1.97 bits per heavy atom. The van der Waals surface area contributed by atoms with Crippen molar-refractivity contribution in [3.05, 3.63) is 71.8 Å². The maximum absolute atomic E-state index is 14.2. The summed E-state index contributed by atoms with van der Waals surface area (Å²) in [4.78, 5) is 30.4. The standard InChI is InChI=1S/C26H25FN10O/c27-19-4-2-1-3-18(19)20-7-8-35(14-30-20)22-12-32-37-23(28)11-21(33-25(22)37)15-9-16-5-6-17(10-15)36(16)26(38)24-29-13-31-34-24/h1-4,7,11-17H,5-6,8-10,28H2,(H,29,31,34)/t15?,16-,17+. The molecule has 11 nitrogen and oxygen atoms in total. The molecule has 12 heteroatoms. The number of H-pyrrole nitrogens is 1. The average Bonchev–Trinajstić information content (AvgIpc) is 3.67. The first kappa shape index (κ1) is 22.6. The summed E-state index contributed by atoms with van der Waals surface area (Å²) in [6.45, 7) is 0.493. The van der Waals surface area contributed by atoms with Gasteiger partial charge < -0.3 is 15.5 Å². The third-order valence-corrected chi connectivity index (χ3v) is 7.78. The summed E-state index contributed by atoms with van der Waals surface area (Å²) in [6.07, 6.45) is 10.2. The first-order chi connectivity index (χ1) is 18.6. The first-order valence-electron chi connectivity index (χ1n) is 12.6. The van der Waals surface area contributed by atoms with Gasteiger partial charge in [0.15, 0.2) is 5.65 Å². The van der Waals surface area contributed by atoms with E-state index in [4.69, 9.17) is 10.7 Å². The summed E-state index contributed by atoms with van der Waals surface area (Å²) in [5.41, 5.74) is 9.78.